The lowest BCUT2D eigenvalue weighted by Gasteiger charge is -2.09. The standard InChI is InChI=1S/C24H26N2O4.C9H12N2O2.C4H6O/c1-28-22-8-4-17(5-9-22)18-6-10-23(11-7-18)29-12-2-3-13-30-24(27)19-14-20(25)16-21(26)15-19;1-2-13-9(12)6-3-7(10)5-8(11)4-6;1-4(2)3-5/h4-11,14-16H,2-3,12-13,25-26H2,1H3;3-5H,2,10-11H2,1H3;3H,1H2,2H3. The van der Waals surface area contributed by atoms with E-state index >= 15 is 0 Å². The molecule has 4 rings (SSSR count). The zero-order valence-electron chi connectivity index (χ0n) is 27.6. The molecule has 0 spiro atoms. The third kappa shape index (κ3) is 14.0. The van der Waals surface area contributed by atoms with Gasteiger partial charge in [0.1, 0.15) is 17.8 Å². The first-order chi connectivity index (χ1) is 22.9. The highest BCUT2D eigenvalue weighted by Gasteiger charge is 2.09. The molecule has 0 fully saturated rings. The second-order valence-corrected chi connectivity index (χ2v) is 10.4. The van der Waals surface area contributed by atoms with Gasteiger partial charge < -0.3 is 41.9 Å². The summed E-state index contributed by atoms with van der Waals surface area (Å²) in [5.74, 6) is 0.812. The topological polar surface area (TPSA) is 192 Å². The molecular weight excluding hydrogens is 612 g/mol. The summed E-state index contributed by atoms with van der Waals surface area (Å²) >= 11 is 0. The fraction of sp³-hybridized carbons (Fsp3) is 0.216. The predicted octanol–water partition coefficient (Wildman–Crippen LogP) is 6.33. The number of benzene rings is 4. The monoisotopic (exact) mass is 656 g/mol. The number of carbonyl (C=O) groups excluding carboxylic acids is 3. The lowest BCUT2D eigenvalue weighted by Crippen LogP contribution is -2.08. The Morgan fingerprint density at radius 3 is 1.46 bits per heavy atom. The van der Waals surface area contributed by atoms with E-state index in [2.05, 4.69) is 6.58 Å². The Labute approximate surface area is 281 Å². The van der Waals surface area contributed by atoms with E-state index < -0.39 is 11.9 Å². The number of methoxy groups -OCH3 is 1. The van der Waals surface area contributed by atoms with Crippen LogP contribution in [-0.2, 0) is 14.3 Å². The fourth-order valence-electron chi connectivity index (χ4n) is 3.97. The molecule has 4 aromatic carbocycles. The summed E-state index contributed by atoms with van der Waals surface area (Å²) in [6.07, 6.45) is 2.19. The van der Waals surface area contributed by atoms with Crippen molar-refractivity contribution >= 4 is 41.0 Å². The van der Waals surface area contributed by atoms with Gasteiger partial charge in [0.2, 0.25) is 0 Å². The normalized spacial score (nSPS) is 9.81. The van der Waals surface area contributed by atoms with E-state index in [1.54, 1.807) is 45.2 Å². The molecule has 11 nitrogen and oxygen atoms in total. The van der Waals surface area contributed by atoms with Crippen LogP contribution in [0.4, 0.5) is 22.7 Å². The number of unbranched alkanes of at least 4 members (excludes halogenated alkanes) is 1. The molecule has 0 aliphatic heterocycles. The Kier molecular flexibility index (Phi) is 16.1. The van der Waals surface area contributed by atoms with Crippen LogP contribution in [0.1, 0.15) is 47.4 Å². The molecule has 0 saturated carbocycles. The molecule has 0 amide bonds. The molecule has 0 aliphatic rings. The van der Waals surface area contributed by atoms with Gasteiger partial charge in [-0.15, -0.1) is 0 Å². The fourth-order valence-corrected chi connectivity index (χ4v) is 3.97. The van der Waals surface area contributed by atoms with E-state index in [9.17, 15) is 14.4 Å². The highest BCUT2D eigenvalue weighted by Crippen LogP contribution is 2.24. The van der Waals surface area contributed by atoms with E-state index in [0.29, 0.717) is 65.7 Å². The number of aldehydes is 1. The average molecular weight is 657 g/mol. The van der Waals surface area contributed by atoms with Gasteiger partial charge in [0.05, 0.1) is 38.1 Å². The number of rotatable bonds is 12. The molecule has 4 aromatic rings. The molecule has 0 heterocycles. The highest BCUT2D eigenvalue weighted by atomic mass is 16.5. The minimum absolute atomic E-state index is 0.313. The number of ether oxygens (including phenoxy) is 4. The van der Waals surface area contributed by atoms with Crippen LogP contribution < -0.4 is 32.4 Å². The minimum atomic E-state index is -0.427. The van der Waals surface area contributed by atoms with E-state index in [-0.39, 0.29) is 0 Å². The predicted molar refractivity (Wildman–Crippen MR) is 191 cm³/mol. The first-order valence-corrected chi connectivity index (χ1v) is 15.1. The second-order valence-electron chi connectivity index (χ2n) is 10.4. The second kappa shape index (κ2) is 20.2. The van der Waals surface area contributed by atoms with Crippen molar-refractivity contribution in [1.29, 1.82) is 0 Å². The first kappa shape index (κ1) is 38.2. The summed E-state index contributed by atoms with van der Waals surface area (Å²) in [7, 11) is 1.65. The van der Waals surface area contributed by atoms with Gasteiger partial charge in [-0.3, -0.25) is 4.79 Å². The van der Waals surface area contributed by atoms with Crippen LogP contribution in [0.15, 0.2) is 97.1 Å². The maximum Gasteiger partial charge on any atom is 0.338 e. The van der Waals surface area contributed by atoms with Crippen molar-refractivity contribution in [2.45, 2.75) is 26.7 Å². The van der Waals surface area contributed by atoms with Crippen LogP contribution in [0.5, 0.6) is 11.5 Å². The third-order valence-corrected chi connectivity index (χ3v) is 6.22. The SMILES string of the molecule is C=C(C)C=O.CCOC(=O)c1cc(N)cc(N)c1.COc1ccc(-c2ccc(OCCCCOC(=O)c3cc(N)cc(N)c3)cc2)cc1. The zero-order valence-corrected chi connectivity index (χ0v) is 27.6. The van der Waals surface area contributed by atoms with Crippen molar-refractivity contribution in [1.82, 2.24) is 0 Å². The summed E-state index contributed by atoms with van der Waals surface area (Å²) in [5.41, 5.74) is 27.7. The molecule has 11 heteroatoms. The summed E-state index contributed by atoms with van der Waals surface area (Å²) in [4.78, 5) is 32.6. The zero-order chi connectivity index (χ0) is 35.5. The molecule has 0 aromatic heterocycles. The third-order valence-electron chi connectivity index (χ3n) is 6.22. The number of hydrogen-bond acceptors (Lipinski definition) is 11. The number of allylic oxidation sites excluding steroid dienone is 1. The Morgan fingerprint density at radius 1 is 0.667 bits per heavy atom. The molecule has 8 N–H and O–H groups in total. The Bertz CT molecular complexity index is 1600. The van der Waals surface area contributed by atoms with Crippen molar-refractivity contribution in [2.24, 2.45) is 0 Å². The quantitative estimate of drug-likeness (QED) is 0.0438. The molecule has 0 atom stereocenters. The minimum Gasteiger partial charge on any atom is -0.497 e. The van der Waals surface area contributed by atoms with Gasteiger partial charge in [0, 0.05) is 22.7 Å². The molecule has 48 heavy (non-hydrogen) atoms. The van der Waals surface area contributed by atoms with E-state index in [1.807, 2.05) is 48.5 Å². The number of nitrogen functional groups attached to an aromatic ring is 4. The van der Waals surface area contributed by atoms with Crippen molar-refractivity contribution in [3.63, 3.8) is 0 Å². The lowest BCUT2D eigenvalue weighted by molar-refractivity contribution is -0.104. The van der Waals surface area contributed by atoms with Gasteiger partial charge in [-0.25, -0.2) is 9.59 Å². The van der Waals surface area contributed by atoms with Crippen LogP contribution >= 0.6 is 0 Å². The summed E-state index contributed by atoms with van der Waals surface area (Å²) in [6.45, 7) is 7.91. The number of esters is 2. The Morgan fingerprint density at radius 2 is 1.06 bits per heavy atom. The maximum absolute atomic E-state index is 12.0. The average Bonchev–Trinajstić information content (AvgIpc) is 3.06. The largest absolute Gasteiger partial charge is 0.497 e. The van der Waals surface area contributed by atoms with Gasteiger partial charge >= 0.3 is 11.9 Å². The first-order valence-electron chi connectivity index (χ1n) is 15.1. The van der Waals surface area contributed by atoms with Gasteiger partial charge in [-0.2, -0.15) is 0 Å². The molecule has 0 saturated heterocycles. The Balaban J connectivity index is 0.000000366. The van der Waals surface area contributed by atoms with Crippen LogP contribution in [0.2, 0.25) is 0 Å². The van der Waals surface area contributed by atoms with Crippen molar-refractivity contribution in [3.8, 4) is 22.6 Å². The number of anilines is 4. The molecular formula is C37H44N4O7. The summed E-state index contributed by atoms with van der Waals surface area (Å²) in [6, 6.07) is 25.2. The number of carbonyl (C=O) groups is 3. The van der Waals surface area contributed by atoms with Gasteiger partial charge in [0.25, 0.3) is 0 Å². The van der Waals surface area contributed by atoms with Crippen molar-refractivity contribution in [2.75, 3.05) is 49.9 Å². The van der Waals surface area contributed by atoms with Gasteiger partial charge in [-0.1, -0.05) is 30.8 Å². The molecule has 0 radical (unpaired) electrons. The van der Waals surface area contributed by atoms with Gasteiger partial charge in [0.15, 0.2) is 0 Å². The van der Waals surface area contributed by atoms with Crippen LogP contribution in [-0.4, -0.2) is 45.2 Å². The van der Waals surface area contributed by atoms with Crippen LogP contribution in [0.25, 0.3) is 11.1 Å². The summed E-state index contributed by atoms with van der Waals surface area (Å²) in [5, 5.41) is 0. The van der Waals surface area contributed by atoms with E-state index in [1.165, 1.54) is 12.1 Å². The smallest absolute Gasteiger partial charge is 0.338 e. The number of nitrogens with two attached hydrogens (primary N) is 4. The van der Waals surface area contributed by atoms with Gasteiger partial charge in [-0.05, 0) is 104 Å². The van der Waals surface area contributed by atoms with Crippen molar-refractivity contribution in [3.05, 3.63) is 108 Å². The highest BCUT2D eigenvalue weighted by molar-refractivity contribution is 5.92. The lowest BCUT2D eigenvalue weighted by atomic mass is 10.1. The molecule has 0 aliphatic carbocycles. The van der Waals surface area contributed by atoms with Crippen LogP contribution in [0, 0.1) is 0 Å². The Hall–Kier alpha value is -5.97. The van der Waals surface area contributed by atoms with E-state index in [0.717, 1.165) is 35.3 Å². The van der Waals surface area contributed by atoms with Crippen LogP contribution in [0.3, 0.4) is 0 Å². The maximum atomic E-state index is 12.0. The van der Waals surface area contributed by atoms with E-state index in [4.69, 9.17) is 41.9 Å². The molecule has 0 unspecified atom stereocenters. The molecule has 254 valence electrons. The number of hydrogen-bond donors (Lipinski definition) is 4. The molecule has 0 bridgehead atoms. The summed E-state index contributed by atoms with van der Waals surface area (Å²) < 4.78 is 21.0. The van der Waals surface area contributed by atoms with Crippen molar-refractivity contribution < 1.29 is 33.3 Å².